The first-order valence-electron chi connectivity index (χ1n) is 11.9. The molecule has 3 amide bonds. The van der Waals surface area contributed by atoms with Crippen LogP contribution in [-0.2, 0) is 15.1 Å². The number of fused-ring (bicyclic) bond motifs is 4. The third-order valence-corrected chi connectivity index (χ3v) is 7.87. The SMILES string of the molecule is O=C1NCCCN(C(=O)c2cn[nH]c2)CCN2C(=O)[C@@]3(c4ccccc42)[C@H]1C[C@@H]1CCCN13. The average Bonchev–Trinajstić information content (AvgIpc) is 3.59. The van der Waals surface area contributed by atoms with E-state index in [4.69, 9.17) is 0 Å². The second-order valence-corrected chi connectivity index (χ2v) is 9.44. The van der Waals surface area contributed by atoms with Crippen LogP contribution in [0.4, 0.5) is 5.69 Å². The van der Waals surface area contributed by atoms with Crippen LogP contribution < -0.4 is 10.2 Å². The van der Waals surface area contributed by atoms with Crippen LogP contribution in [0, 0.1) is 5.92 Å². The molecule has 9 nitrogen and oxygen atoms in total. The lowest BCUT2D eigenvalue weighted by Crippen LogP contribution is -2.57. The van der Waals surface area contributed by atoms with Gasteiger partial charge in [0.05, 0.1) is 17.7 Å². The Kier molecular flexibility index (Phi) is 4.76. The molecule has 3 saturated heterocycles. The number of nitrogens with zero attached hydrogens (tertiary/aromatic N) is 4. The van der Waals surface area contributed by atoms with Crippen LogP contribution in [0.5, 0.6) is 0 Å². The zero-order chi connectivity index (χ0) is 22.6. The van der Waals surface area contributed by atoms with Crippen LogP contribution in [-0.4, -0.2) is 76.5 Å². The maximum absolute atomic E-state index is 14.3. The highest BCUT2D eigenvalue weighted by molar-refractivity contribution is 6.11. The number of nitrogens with one attached hydrogen (secondary N) is 2. The molecule has 3 atom stereocenters. The fourth-order valence-corrected chi connectivity index (χ4v) is 6.47. The lowest BCUT2D eigenvalue weighted by atomic mass is 9.78. The van der Waals surface area contributed by atoms with Gasteiger partial charge in [-0.2, -0.15) is 5.10 Å². The van der Waals surface area contributed by atoms with Crippen molar-refractivity contribution in [2.24, 2.45) is 5.92 Å². The van der Waals surface area contributed by atoms with Crippen LogP contribution in [0.15, 0.2) is 36.7 Å². The summed E-state index contributed by atoms with van der Waals surface area (Å²) in [6.07, 6.45) is 6.54. The Labute approximate surface area is 192 Å². The first kappa shape index (κ1) is 20.4. The molecule has 3 fully saturated rings. The molecule has 33 heavy (non-hydrogen) atoms. The smallest absolute Gasteiger partial charge is 0.257 e. The fourth-order valence-electron chi connectivity index (χ4n) is 6.47. The number of carbonyl (C=O) groups excluding carboxylic acids is 3. The van der Waals surface area contributed by atoms with Gasteiger partial charge in [0.1, 0.15) is 5.54 Å². The largest absolute Gasteiger partial charge is 0.356 e. The van der Waals surface area contributed by atoms with Gasteiger partial charge in [-0.1, -0.05) is 18.2 Å². The fraction of sp³-hybridized carbons (Fsp3) is 0.500. The Balaban J connectivity index is 1.42. The number of H-pyrrole nitrogens is 1. The van der Waals surface area contributed by atoms with Crippen LogP contribution in [0.1, 0.15) is 41.6 Å². The van der Waals surface area contributed by atoms with E-state index in [1.165, 1.54) is 6.20 Å². The molecule has 4 aliphatic rings. The summed E-state index contributed by atoms with van der Waals surface area (Å²) in [4.78, 5) is 46.7. The average molecular weight is 449 g/mol. The minimum absolute atomic E-state index is 0.0236. The van der Waals surface area contributed by atoms with E-state index >= 15 is 0 Å². The van der Waals surface area contributed by atoms with Gasteiger partial charge in [-0.15, -0.1) is 0 Å². The molecule has 172 valence electrons. The topological polar surface area (TPSA) is 102 Å². The Morgan fingerprint density at radius 3 is 2.82 bits per heavy atom. The number of hydrogen-bond acceptors (Lipinski definition) is 5. The number of para-hydroxylation sites is 1. The summed E-state index contributed by atoms with van der Waals surface area (Å²) in [7, 11) is 0. The molecular weight excluding hydrogens is 420 g/mol. The quantitative estimate of drug-likeness (QED) is 0.680. The summed E-state index contributed by atoms with van der Waals surface area (Å²) < 4.78 is 0. The van der Waals surface area contributed by atoms with Crippen molar-refractivity contribution in [2.45, 2.75) is 37.3 Å². The van der Waals surface area contributed by atoms with Crippen molar-refractivity contribution in [1.82, 2.24) is 25.3 Å². The van der Waals surface area contributed by atoms with Crippen molar-refractivity contribution < 1.29 is 14.4 Å². The molecule has 0 unspecified atom stereocenters. The summed E-state index contributed by atoms with van der Waals surface area (Å²) in [5, 5.41) is 9.68. The van der Waals surface area contributed by atoms with Crippen LogP contribution in [0.25, 0.3) is 0 Å². The van der Waals surface area contributed by atoms with E-state index in [0.717, 1.165) is 30.6 Å². The summed E-state index contributed by atoms with van der Waals surface area (Å²) in [5.41, 5.74) is 1.35. The molecule has 4 aliphatic heterocycles. The van der Waals surface area contributed by atoms with Crippen molar-refractivity contribution in [1.29, 1.82) is 0 Å². The van der Waals surface area contributed by atoms with Crippen molar-refractivity contribution >= 4 is 23.4 Å². The molecule has 2 aromatic rings. The van der Waals surface area contributed by atoms with Gasteiger partial charge in [-0.25, -0.2) is 0 Å². The second kappa shape index (κ2) is 7.69. The maximum Gasteiger partial charge on any atom is 0.257 e. The number of amides is 3. The number of carbonyl (C=O) groups is 3. The maximum atomic E-state index is 14.3. The number of aromatic amines is 1. The molecule has 9 heteroatoms. The van der Waals surface area contributed by atoms with E-state index in [1.807, 2.05) is 29.2 Å². The third kappa shape index (κ3) is 2.88. The molecule has 0 radical (unpaired) electrons. The number of aromatic nitrogens is 2. The highest BCUT2D eigenvalue weighted by atomic mass is 16.2. The van der Waals surface area contributed by atoms with Crippen LogP contribution in [0.2, 0.25) is 0 Å². The Hall–Kier alpha value is -3.20. The van der Waals surface area contributed by atoms with Gasteiger partial charge in [0, 0.05) is 49.7 Å². The highest BCUT2D eigenvalue weighted by Gasteiger charge is 2.67. The first-order chi connectivity index (χ1) is 16.1. The Bertz CT molecular complexity index is 1100. The normalized spacial score (nSPS) is 29.7. The van der Waals surface area contributed by atoms with Gasteiger partial charge in [0.2, 0.25) is 5.91 Å². The number of rotatable bonds is 1. The summed E-state index contributed by atoms with van der Waals surface area (Å²) >= 11 is 0. The van der Waals surface area contributed by atoms with E-state index < -0.39 is 11.5 Å². The molecule has 2 N–H and O–H groups in total. The monoisotopic (exact) mass is 448 g/mol. The summed E-state index contributed by atoms with van der Waals surface area (Å²) in [6.45, 7) is 2.62. The summed E-state index contributed by atoms with van der Waals surface area (Å²) in [5.74, 6) is -0.600. The summed E-state index contributed by atoms with van der Waals surface area (Å²) in [6, 6.07) is 8.14. The molecule has 0 aliphatic carbocycles. The molecule has 1 aromatic carbocycles. The van der Waals surface area contributed by atoms with E-state index in [2.05, 4.69) is 20.4 Å². The van der Waals surface area contributed by atoms with Crippen molar-refractivity contribution in [3.63, 3.8) is 0 Å². The van der Waals surface area contributed by atoms with E-state index in [0.29, 0.717) is 44.6 Å². The van der Waals surface area contributed by atoms with Crippen molar-refractivity contribution in [2.75, 3.05) is 37.6 Å². The third-order valence-electron chi connectivity index (χ3n) is 7.87. The van der Waals surface area contributed by atoms with Gasteiger partial charge < -0.3 is 15.1 Å². The zero-order valence-electron chi connectivity index (χ0n) is 18.5. The van der Waals surface area contributed by atoms with Crippen molar-refractivity contribution in [3.8, 4) is 0 Å². The predicted molar refractivity (Wildman–Crippen MR) is 120 cm³/mol. The van der Waals surface area contributed by atoms with E-state index in [1.54, 1.807) is 11.1 Å². The molecule has 1 spiro atoms. The van der Waals surface area contributed by atoms with Gasteiger partial charge >= 0.3 is 0 Å². The molecule has 1 aromatic heterocycles. The molecule has 0 saturated carbocycles. The van der Waals surface area contributed by atoms with Crippen molar-refractivity contribution in [3.05, 3.63) is 47.8 Å². The molecule has 6 rings (SSSR count). The standard InChI is InChI=1S/C24H28N6O3/c31-21-19-13-17-5-3-10-30(17)24(19)18-6-1-2-7-20(18)29(23(24)33)12-11-28(9-4-8-25-21)22(32)16-14-26-27-15-16/h1-2,6-7,14-15,17,19H,3-5,8-13H2,(H,25,31)(H,26,27)/t17-,19-,24+/m0/s1. The first-order valence-corrected chi connectivity index (χ1v) is 11.9. The van der Waals surface area contributed by atoms with E-state index in [-0.39, 0.29) is 23.8 Å². The highest BCUT2D eigenvalue weighted by Crippen LogP contribution is 2.56. The lowest BCUT2D eigenvalue weighted by molar-refractivity contribution is -0.139. The van der Waals surface area contributed by atoms with Gasteiger partial charge in [-0.3, -0.25) is 24.4 Å². The lowest BCUT2D eigenvalue weighted by Gasteiger charge is -2.37. The minimum atomic E-state index is -0.944. The zero-order valence-corrected chi connectivity index (χ0v) is 18.5. The van der Waals surface area contributed by atoms with Crippen LogP contribution in [0.3, 0.4) is 0 Å². The second-order valence-electron chi connectivity index (χ2n) is 9.44. The number of hydrogen-bond donors (Lipinski definition) is 2. The molecular formula is C24H28N6O3. The van der Waals surface area contributed by atoms with E-state index in [9.17, 15) is 14.4 Å². The van der Waals surface area contributed by atoms with Gasteiger partial charge in [-0.05, 0) is 38.3 Å². The molecule has 5 heterocycles. The van der Waals surface area contributed by atoms with Gasteiger partial charge in [0.15, 0.2) is 0 Å². The van der Waals surface area contributed by atoms with Gasteiger partial charge in [0.25, 0.3) is 11.8 Å². The number of benzene rings is 1. The predicted octanol–water partition coefficient (Wildman–Crippen LogP) is 1.10. The Morgan fingerprint density at radius 2 is 1.97 bits per heavy atom. The number of anilines is 1. The van der Waals surface area contributed by atoms with Crippen LogP contribution >= 0.6 is 0 Å². The Morgan fingerprint density at radius 1 is 1.09 bits per heavy atom. The minimum Gasteiger partial charge on any atom is -0.356 e. The molecule has 2 bridgehead atoms.